The predicted octanol–water partition coefficient (Wildman–Crippen LogP) is 2.47. The van der Waals surface area contributed by atoms with Gasteiger partial charge in [0.15, 0.2) is 0 Å². The number of benzene rings is 1. The van der Waals surface area contributed by atoms with E-state index in [1.54, 1.807) is 0 Å². The smallest absolute Gasteiger partial charge is 0.0793 e. The molecule has 4 rings (SSSR count). The third-order valence-corrected chi connectivity index (χ3v) is 4.45. The van der Waals surface area contributed by atoms with Gasteiger partial charge in [0.2, 0.25) is 0 Å². The van der Waals surface area contributed by atoms with E-state index in [4.69, 9.17) is 5.10 Å². The first-order chi connectivity index (χ1) is 10.3. The number of hydrogen-bond donors (Lipinski definition) is 1. The molecule has 1 saturated heterocycles. The SMILES string of the molecule is Cc1cccc(-n2ncc(N3CCNCC3)c2C2CC2)c1. The summed E-state index contributed by atoms with van der Waals surface area (Å²) in [7, 11) is 0. The zero-order valence-electron chi connectivity index (χ0n) is 12.5. The molecule has 0 radical (unpaired) electrons. The van der Waals surface area contributed by atoms with Gasteiger partial charge in [-0.3, -0.25) is 0 Å². The normalized spacial score (nSPS) is 19.0. The fourth-order valence-electron chi connectivity index (χ4n) is 3.20. The van der Waals surface area contributed by atoms with Gasteiger partial charge >= 0.3 is 0 Å². The lowest BCUT2D eigenvalue weighted by Crippen LogP contribution is -2.43. The van der Waals surface area contributed by atoms with Crippen LogP contribution in [0.5, 0.6) is 0 Å². The molecular weight excluding hydrogens is 260 g/mol. The number of anilines is 1. The Labute approximate surface area is 125 Å². The second-order valence-corrected chi connectivity index (χ2v) is 6.18. The van der Waals surface area contributed by atoms with Crippen LogP contribution in [0.1, 0.15) is 30.0 Å². The molecule has 2 heterocycles. The molecule has 0 bridgehead atoms. The first kappa shape index (κ1) is 12.9. The maximum absolute atomic E-state index is 4.72. The van der Waals surface area contributed by atoms with Crippen LogP contribution in [0.2, 0.25) is 0 Å². The molecular formula is C17H22N4. The molecule has 1 aliphatic heterocycles. The summed E-state index contributed by atoms with van der Waals surface area (Å²) < 4.78 is 2.17. The van der Waals surface area contributed by atoms with Gasteiger partial charge in [-0.25, -0.2) is 4.68 Å². The first-order valence-corrected chi connectivity index (χ1v) is 7.93. The third kappa shape index (κ3) is 2.44. The lowest BCUT2D eigenvalue weighted by molar-refractivity contribution is 0.587. The Morgan fingerprint density at radius 1 is 1.19 bits per heavy atom. The summed E-state index contributed by atoms with van der Waals surface area (Å²) in [4.78, 5) is 2.49. The minimum atomic E-state index is 0.692. The van der Waals surface area contributed by atoms with Gasteiger partial charge in [0.1, 0.15) is 0 Å². The number of rotatable bonds is 3. The lowest BCUT2D eigenvalue weighted by atomic mass is 10.2. The molecule has 4 nitrogen and oxygen atoms in total. The topological polar surface area (TPSA) is 33.1 Å². The first-order valence-electron chi connectivity index (χ1n) is 7.93. The largest absolute Gasteiger partial charge is 0.366 e. The molecule has 2 fully saturated rings. The maximum atomic E-state index is 4.72. The van der Waals surface area contributed by atoms with Crippen LogP contribution in [-0.2, 0) is 0 Å². The number of aryl methyl sites for hydroxylation is 1. The Morgan fingerprint density at radius 3 is 2.71 bits per heavy atom. The highest BCUT2D eigenvalue weighted by Crippen LogP contribution is 2.45. The average molecular weight is 282 g/mol. The van der Waals surface area contributed by atoms with Crippen LogP contribution in [0, 0.1) is 6.92 Å². The molecule has 110 valence electrons. The average Bonchev–Trinajstić information content (AvgIpc) is 3.26. The molecule has 4 heteroatoms. The Morgan fingerprint density at radius 2 is 2.00 bits per heavy atom. The van der Waals surface area contributed by atoms with E-state index in [1.807, 2.05) is 0 Å². The summed E-state index contributed by atoms with van der Waals surface area (Å²) in [5.41, 5.74) is 5.25. The second-order valence-electron chi connectivity index (χ2n) is 6.18. The van der Waals surface area contributed by atoms with Crippen molar-refractivity contribution in [3.63, 3.8) is 0 Å². The molecule has 1 aromatic carbocycles. The molecule has 1 N–H and O–H groups in total. The van der Waals surface area contributed by atoms with Crippen LogP contribution in [0.15, 0.2) is 30.5 Å². The molecule has 1 aliphatic carbocycles. The van der Waals surface area contributed by atoms with Crippen molar-refractivity contribution in [2.24, 2.45) is 0 Å². The van der Waals surface area contributed by atoms with Crippen molar-refractivity contribution in [1.29, 1.82) is 0 Å². The van der Waals surface area contributed by atoms with Crippen LogP contribution in [0.4, 0.5) is 5.69 Å². The van der Waals surface area contributed by atoms with Crippen LogP contribution < -0.4 is 10.2 Å². The van der Waals surface area contributed by atoms with E-state index in [0.717, 1.165) is 26.2 Å². The Kier molecular flexibility index (Phi) is 3.19. The van der Waals surface area contributed by atoms with Gasteiger partial charge in [0, 0.05) is 32.1 Å². The van der Waals surface area contributed by atoms with Crippen molar-refractivity contribution in [3.05, 3.63) is 41.7 Å². The number of nitrogens with one attached hydrogen (secondary N) is 1. The second kappa shape index (κ2) is 5.19. The van der Waals surface area contributed by atoms with Crippen LogP contribution in [0.3, 0.4) is 0 Å². The van der Waals surface area contributed by atoms with E-state index < -0.39 is 0 Å². The van der Waals surface area contributed by atoms with Crippen LogP contribution >= 0.6 is 0 Å². The summed E-state index contributed by atoms with van der Waals surface area (Å²) in [6.45, 7) is 6.44. The van der Waals surface area contributed by atoms with E-state index in [9.17, 15) is 0 Å². The monoisotopic (exact) mass is 282 g/mol. The summed E-state index contributed by atoms with van der Waals surface area (Å²) in [5.74, 6) is 0.692. The highest BCUT2D eigenvalue weighted by molar-refractivity contribution is 5.56. The molecule has 0 spiro atoms. The minimum Gasteiger partial charge on any atom is -0.366 e. The van der Waals surface area contributed by atoms with E-state index in [0.29, 0.717) is 5.92 Å². The molecule has 1 saturated carbocycles. The third-order valence-electron chi connectivity index (χ3n) is 4.45. The van der Waals surface area contributed by atoms with Crippen molar-refractivity contribution in [1.82, 2.24) is 15.1 Å². The van der Waals surface area contributed by atoms with E-state index in [2.05, 4.69) is 52.3 Å². The van der Waals surface area contributed by atoms with Gasteiger partial charge < -0.3 is 10.2 Å². The van der Waals surface area contributed by atoms with Gasteiger partial charge in [-0.15, -0.1) is 0 Å². The van der Waals surface area contributed by atoms with E-state index in [1.165, 1.54) is 35.5 Å². The number of aromatic nitrogens is 2. The summed E-state index contributed by atoms with van der Waals surface area (Å²) in [6.07, 6.45) is 4.68. The summed E-state index contributed by atoms with van der Waals surface area (Å²) >= 11 is 0. The van der Waals surface area contributed by atoms with Gasteiger partial charge in [-0.2, -0.15) is 5.10 Å². The van der Waals surface area contributed by atoms with E-state index >= 15 is 0 Å². The predicted molar refractivity (Wildman–Crippen MR) is 85.4 cm³/mol. The molecule has 0 atom stereocenters. The maximum Gasteiger partial charge on any atom is 0.0793 e. The minimum absolute atomic E-state index is 0.692. The van der Waals surface area contributed by atoms with E-state index in [-0.39, 0.29) is 0 Å². The standard InChI is InChI=1S/C17H22N4/c1-13-3-2-4-15(11-13)21-17(14-5-6-14)16(12-19-21)20-9-7-18-8-10-20/h2-4,11-12,14,18H,5-10H2,1H3. The van der Waals surface area contributed by atoms with Gasteiger partial charge in [-0.05, 0) is 37.5 Å². The molecule has 0 unspecified atom stereocenters. The van der Waals surface area contributed by atoms with Crippen molar-refractivity contribution >= 4 is 5.69 Å². The summed E-state index contributed by atoms with van der Waals surface area (Å²) in [5, 5.41) is 8.14. The quantitative estimate of drug-likeness (QED) is 0.939. The van der Waals surface area contributed by atoms with Crippen LogP contribution in [0.25, 0.3) is 5.69 Å². The molecule has 2 aromatic rings. The number of hydrogen-bond acceptors (Lipinski definition) is 3. The van der Waals surface area contributed by atoms with Crippen molar-refractivity contribution < 1.29 is 0 Å². The fourth-order valence-corrected chi connectivity index (χ4v) is 3.20. The Balaban J connectivity index is 1.76. The number of nitrogens with zero attached hydrogens (tertiary/aromatic N) is 3. The lowest BCUT2D eigenvalue weighted by Gasteiger charge is -2.29. The van der Waals surface area contributed by atoms with Crippen molar-refractivity contribution in [3.8, 4) is 5.69 Å². The van der Waals surface area contributed by atoms with Crippen molar-refractivity contribution in [2.45, 2.75) is 25.7 Å². The van der Waals surface area contributed by atoms with Gasteiger partial charge in [0.25, 0.3) is 0 Å². The zero-order chi connectivity index (χ0) is 14.2. The molecule has 21 heavy (non-hydrogen) atoms. The summed E-state index contributed by atoms with van der Waals surface area (Å²) in [6, 6.07) is 8.64. The molecule has 2 aliphatic rings. The fraction of sp³-hybridized carbons (Fsp3) is 0.471. The number of piperazine rings is 1. The van der Waals surface area contributed by atoms with Gasteiger partial charge in [-0.1, -0.05) is 12.1 Å². The highest BCUT2D eigenvalue weighted by Gasteiger charge is 2.32. The van der Waals surface area contributed by atoms with Crippen LogP contribution in [-0.4, -0.2) is 36.0 Å². The Hall–Kier alpha value is -1.81. The zero-order valence-corrected chi connectivity index (χ0v) is 12.5. The molecule has 0 amide bonds. The molecule has 1 aromatic heterocycles. The highest BCUT2D eigenvalue weighted by atomic mass is 15.3. The van der Waals surface area contributed by atoms with Gasteiger partial charge in [0.05, 0.1) is 23.3 Å². The Bertz CT molecular complexity index is 636. The van der Waals surface area contributed by atoms with Crippen molar-refractivity contribution in [2.75, 3.05) is 31.1 Å².